The Morgan fingerprint density at radius 3 is 2.59 bits per heavy atom. The number of thioether (sulfide) groups is 1. The molecule has 0 bridgehead atoms. The zero-order chi connectivity index (χ0) is 21.9. The van der Waals surface area contributed by atoms with Gasteiger partial charge in [-0.2, -0.15) is 0 Å². The molecule has 2 aliphatic heterocycles. The van der Waals surface area contributed by atoms with Gasteiger partial charge in [-0.3, -0.25) is 9.69 Å². The summed E-state index contributed by atoms with van der Waals surface area (Å²) in [6, 6.07) is 23.9. The van der Waals surface area contributed by atoms with Crippen molar-refractivity contribution in [2.24, 2.45) is 4.99 Å². The van der Waals surface area contributed by atoms with E-state index in [0.717, 1.165) is 23.4 Å². The monoisotopic (exact) mass is 442 g/mol. The van der Waals surface area contributed by atoms with Crippen molar-refractivity contribution in [3.05, 3.63) is 94.4 Å². The van der Waals surface area contributed by atoms with E-state index < -0.39 is 0 Å². The Labute approximate surface area is 191 Å². The van der Waals surface area contributed by atoms with Crippen LogP contribution in [0.15, 0.2) is 82.7 Å². The Morgan fingerprint density at radius 2 is 1.78 bits per heavy atom. The number of fused-ring (bicyclic) bond motifs is 1. The van der Waals surface area contributed by atoms with Crippen LogP contribution in [0.2, 0.25) is 0 Å². The predicted octanol–water partition coefficient (Wildman–Crippen LogP) is 5.57. The number of amidine groups is 1. The van der Waals surface area contributed by atoms with Crippen molar-refractivity contribution in [3.8, 4) is 11.5 Å². The first-order valence-electron chi connectivity index (χ1n) is 10.5. The van der Waals surface area contributed by atoms with Gasteiger partial charge >= 0.3 is 0 Å². The second-order valence-electron chi connectivity index (χ2n) is 7.65. The van der Waals surface area contributed by atoms with Gasteiger partial charge in [-0.25, -0.2) is 4.99 Å². The summed E-state index contributed by atoms with van der Waals surface area (Å²) >= 11 is 1.40. The van der Waals surface area contributed by atoms with E-state index in [0.29, 0.717) is 22.4 Å². The Kier molecular flexibility index (Phi) is 5.69. The van der Waals surface area contributed by atoms with Gasteiger partial charge in [0.05, 0.1) is 10.6 Å². The molecule has 0 radical (unpaired) electrons. The highest BCUT2D eigenvalue weighted by molar-refractivity contribution is 8.18. The minimum atomic E-state index is -0.0329. The maximum atomic E-state index is 13.3. The molecule has 0 spiro atoms. The highest BCUT2D eigenvalue weighted by Crippen LogP contribution is 2.37. The van der Waals surface area contributed by atoms with Crippen LogP contribution in [0.25, 0.3) is 6.08 Å². The Balaban J connectivity index is 1.44. The lowest BCUT2D eigenvalue weighted by molar-refractivity contribution is -0.122. The number of aliphatic imine (C=N–C) groups is 1. The number of hydrogen-bond donors (Lipinski definition) is 0. The Hall–Kier alpha value is -3.51. The van der Waals surface area contributed by atoms with Crippen molar-refractivity contribution in [3.63, 3.8) is 0 Å². The summed E-state index contributed by atoms with van der Waals surface area (Å²) < 4.78 is 10.9. The summed E-state index contributed by atoms with van der Waals surface area (Å²) in [5, 5.41) is 0.696. The third kappa shape index (κ3) is 4.41. The Morgan fingerprint density at radius 1 is 1.00 bits per heavy atom. The summed E-state index contributed by atoms with van der Waals surface area (Å²) in [5.41, 5.74) is 4.09. The molecule has 1 saturated heterocycles. The number of carbonyl (C=O) groups is 1. The van der Waals surface area contributed by atoms with Crippen molar-refractivity contribution < 1.29 is 14.3 Å². The molecule has 0 unspecified atom stereocenters. The molecule has 0 atom stereocenters. The molecule has 1 fully saturated rings. The third-order valence-corrected chi connectivity index (χ3v) is 6.31. The molecule has 160 valence electrons. The summed E-state index contributed by atoms with van der Waals surface area (Å²) in [4.78, 5) is 20.5. The van der Waals surface area contributed by atoms with E-state index in [2.05, 4.69) is 12.1 Å². The quantitative estimate of drug-likeness (QED) is 0.485. The van der Waals surface area contributed by atoms with E-state index >= 15 is 0 Å². The van der Waals surface area contributed by atoms with Gasteiger partial charge in [-0.05, 0) is 66.6 Å². The molecule has 5 nitrogen and oxygen atoms in total. The van der Waals surface area contributed by atoms with Crippen LogP contribution in [0.4, 0.5) is 5.69 Å². The minimum Gasteiger partial charge on any atom is -0.454 e. The second kappa shape index (κ2) is 8.93. The first kappa shape index (κ1) is 20.4. The lowest BCUT2D eigenvalue weighted by Gasteiger charge is -2.15. The zero-order valence-corrected chi connectivity index (χ0v) is 18.5. The Bertz CT molecular complexity index is 1200. The van der Waals surface area contributed by atoms with E-state index in [1.807, 2.05) is 73.7 Å². The lowest BCUT2D eigenvalue weighted by atomic mass is 10.1. The maximum absolute atomic E-state index is 13.3. The molecule has 32 heavy (non-hydrogen) atoms. The third-order valence-electron chi connectivity index (χ3n) is 5.31. The van der Waals surface area contributed by atoms with Gasteiger partial charge in [0.15, 0.2) is 16.7 Å². The number of carbonyl (C=O) groups excluding carboxylic acids is 1. The second-order valence-corrected chi connectivity index (χ2v) is 8.65. The van der Waals surface area contributed by atoms with Crippen LogP contribution in [-0.4, -0.2) is 29.3 Å². The number of hydrogen-bond acceptors (Lipinski definition) is 5. The molecule has 2 aliphatic rings. The van der Waals surface area contributed by atoms with Crippen molar-refractivity contribution in [1.29, 1.82) is 0 Å². The first-order valence-corrected chi connectivity index (χ1v) is 11.3. The average molecular weight is 443 g/mol. The molecule has 0 aromatic heterocycles. The number of benzene rings is 3. The van der Waals surface area contributed by atoms with Gasteiger partial charge in [-0.1, -0.05) is 54.1 Å². The smallest absolute Gasteiger partial charge is 0.266 e. The normalized spacial score (nSPS) is 17.5. The van der Waals surface area contributed by atoms with Gasteiger partial charge in [0.1, 0.15) is 0 Å². The molecule has 3 aromatic rings. The van der Waals surface area contributed by atoms with Crippen molar-refractivity contribution >= 4 is 34.6 Å². The van der Waals surface area contributed by atoms with Crippen molar-refractivity contribution in [2.75, 3.05) is 13.3 Å². The molecule has 3 aromatic carbocycles. The molecule has 0 N–H and O–H groups in total. The van der Waals surface area contributed by atoms with Crippen LogP contribution in [-0.2, 0) is 11.2 Å². The van der Waals surface area contributed by atoms with Crippen LogP contribution in [0.3, 0.4) is 0 Å². The minimum absolute atomic E-state index is 0.0329. The van der Waals surface area contributed by atoms with Gasteiger partial charge in [0.25, 0.3) is 5.91 Å². The van der Waals surface area contributed by atoms with E-state index in [1.54, 1.807) is 4.90 Å². The fourth-order valence-corrected chi connectivity index (χ4v) is 4.58. The first-order chi connectivity index (χ1) is 15.7. The number of rotatable bonds is 5. The van der Waals surface area contributed by atoms with Crippen LogP contribution in [0.5, 0.6) is 11.5 Å². The fraction of sp³-hybridized carbons (Fsp3) is 0.154. The van der Waals surface area contributed by atoms with Gasteiger partial charge in [0, 0.05) is 6.54 Å². The molecule has 2 heterocycles. The summed E-state index contributed by atoms with van der Waals surface area (Å²) in [7, 11) is 0. The van der Waals surface area contributed by atoms with Crippen molar-refractivity contribution in [2.45, 2.75) is 13.3 Å². The molecule has 6 heteroatoms. The van der Waals surface area contributed by atoms with Gasteiger partial charge < -0.3 is 9.47 Å². The molecular formula is C26H22N2O3S. The van der Waals surface area contributed by atoms with Crippen LogP contribution < -0.4 is 9.47 Å². The van der Waals surface area contributed by atoms with Crippen LogP contribution >= 0.6 is 11.8 Å². The van der Waals surface area contributed by atoms with E-state index in [1.165, 1.54) is 22.9 Å². The van der Waals surface area contributed by atoms with E-state index in [-0.39, 0.29) is 12.7 Å². The molecule has 0 aliphatic carbocycles. The SMILES string of the molecule is Cc1ccc(N=C2S/C(=C/c3ccc4c(c3)OCO4)C(=O)N2CCc2ccccc2)cc1. The predicted molar refractivity (Wildman–Crippen MR) is 128 cm³/mol. The summed E-state index contributed by atoms with van der Waals surface area (Å²) in [6.07, 6.45) is 2.65. The zero-order valence-electron chi connectivity index (χ0n) is 17.7. The van der Waals surface area contributed by atoms with Gasteiger partial charge in [0.2, 0.25) is 6.79 Å². The average Bonchev–Trinajstić information content (AvgIpc) is 3.39. The molecule has 0 saturated carbocycles. The largest absolute Gasteiger partial charge is 0.454 e. The topological polar surface area (TPSA) is 51.1 Å². The standard InChI is InChI=1S/C26H22N2O3S/c1-18-7-10-21(11-8-18)27-26-28(14-13-19-5-3-2-4-6-19)25(29)24(32-26)16-20-9-12-22-23(15-20)31-17-30-22/h2-12,15-16H,13-14,17H2,1H3/b24-16+,27-26?. The molecule has 1 amide bonds. The molecular weight excluding hydrogens is 420 g/mol. The van der Waals surface area contributed by atoms with Crippen LogP contribution in [0, 0.1) is 6.92 Å². The summed E-state index contributed by atoms with van der Waals surface area (Å²) in [5.74, 6) is 1.39. The van der Waals surface area contributed by atoms with Crippen LogP contribution in [0.1, 0.15) is 16.7 Å². The number of ether oxygens (including phenoxy) is 2. The van der Waals surface area contributed by atoms with Crippen molar-refractivity contribution in [1.82, 2.24) is 4.90 Å². The van der Waals surface area contributed by atoms with Gasteiger partial charge in [-0.15, -0.1) is 0 Å². The highest BCUT2D eigenvalue weighted by atomic mass is 32.2. The highest BCUT2D eigenvalue weighted by Gasteiger charge is 2.33. The fourth-order valence-electron chi connectivity index (χ4n) is 3.56. The lowest BCUT2D eigenvalue weighted by Crippen LogP contribution is -2.31. The number of amides is 1. The number of nitrogens with zero attached hydrogens (tertiary/aromatic N) is 2. The number of aryl methyl sites for hydroxylation is 1. The summed E-state index contributed by atoms with van der Waals surface area (Å²) in [6.45, 7) is 2.84. The van der Waals surface area contributed by atoms with E-state index in [4.69, 9.17) is 14.5 Å². The van der Waals surface area contributed by atoms with E-state index in [9.17, 15) is 4.79 Å². The molecule has 5 rings (SSSR count). The maximum Gasteiger partial charge on any atom is 0.266 e.